The van der Waals surface area contributed by atoms with Crippen LogP contribution in [0.25, 0.3) is 10.8 Å². The maximum absolute atomic E-state index is 12.7. The van der Waals surface area contributed by atoms with E-state index in [1.54, 1.807) is 37.3 Å². The molecule has 1 aliphatic rings. The predicted molar refractivity (Wildman–Crippen MR) is 109 cm³/mol. The first-order chi connectivity index (χ1) is 14.1. The molecule has 6 nitrogen and oxygen atoms in total. The standard InChI is InChI=1S/C23H22N2O4/c1-2-25-22(27)19-10-6-5-9-18(19)21(24-25)23(28)29-14-20(26)17-12-11-15-7-3-4-8-16(15)13-17/h5-6,9-13H,2-4,7-8,14H2,1H3. The van der Waals surface area contributed by atoms with Gasteiger partial charge in [0.2, 0.25) is 0 Å². The van der Waals surface area contributed by atoms with Crippen molar-refractivity contribution >= 4 is 22.5 Å². The van der Waals surface area contributed by atoms with Crippen molar-refractivity contribution in [2.45, 2.75) is 39.2 Å². The topological polar surface area (TPSA) is 78.3 Å². The molecule has 0 radical (unpaired) electrons. The number of fused-ring (bicyclic) bond motifs is 2. The summed E-state index contributed by atoms with van der Waals surface area (Å²) in [7, 11) is 0. The molecule has 0 saturated carbocycles. The number of Topliss-reactive ketones (excluding diaryl/α,β-unsaturated/α-hetero) is 1. The van der Waals surface area contributed by atoms with Gasteiger partial charge in [-0.25, -0.2) is 9.48 Å². The lowest BCUT2D eigenvalue weighted by molar-refractivity contribution is 0.0468. The lowest BCUT2D eigenvalue weighted by atomic mass is 9.90. The fourth-order valence-corrected chi connectivity index (χ4v) is 3.79. The number of nitrogens with zero attached hydrogens (tertiary/aromatic N) is 2. The molecule has 6 heteroatoms. The minimum absolute atomic E-state index is 0.0419. The molecule has 1 heterocycles. The van der Waals surface area contributed by atoms with E-state index in [1.165, 1.54) is 22.2 Å². The predicted octanol–water partition coefficient (Wildman–Crippen LogP) is 3.33. The number of esters is 1. The molecule has 4 rings (SSSR count). The average Bonchev–Trinajstić information content (AvgIpc) is 2.77. The fraction of sp³-hybridized carbons (Fsp3) is 0.304. The van der Waals surface area contributed by atoms with Gasteiger partial charge in [0.05, 0.1) is 5.39 Å². The van der Waals surface area contributed by atoms with E-state index >= 15 is 0 Å². The third-order valence-corrected chi connectivity index (χ3v) is 5.37. The Balaban J connectivity index is 1.55. The van der Waals surface area contributed by atoms with E-state index in [1.807, 2.05) is 12.1 Å². The third kappa shape index (κ3) is 3.70. The van der Waals surface area contributed by atoms with E-state index in [0.717, 1.165) is 19.3 Å². The zero-order chi connectivity index (χ0) is 20.4. The minimum Gasteiger partial charge on any atom is -0.452 e. The van der Waals surface area contributed by atoms with Gasteiger partial charge in [0, 0.05) is 17.5 Å². The maximum Gasteiger partial charge on any atom is 0.359 e. The van der Waals surface area contributed by atoms with Crippen molar-refractivity contribution in [3.8, 4) is 0 Å². The summed E-state index contributed by atoms with van der Waals surface area (Å²) in [6, 6.07) is 12.5. The summed E-state index contributed by atoms with van der Waals surface area (Å²) < 4.78 is 6.50. The Hall–Kier alpha value is -3.28. The van der Waals surface area contributed by atoms with Crippen molar-refractivity contribution in [3.05, 3.63) is 75.2 Å². The molecule has 0 aliphatic heterocycles. The van der Waals surface area contributed by atoms with Gasteiger partial charge < -0.3 is 4.74 Å². The Morgan fingerprint density at radius 3 is 2.52 bits per heavy atom. The van der Waals surface area contributed by atoms with Crippen LogP contribution in [-0.4, -0.2) is 28.1 Å². The normalized spacial score (nSPS) is 13.1. The molecule has 0 unspecified atom stereocenters. The average molecular weight is 390 g/mol. The molecule has 148 valence electrons. The van der Waals surface area contributed by atoms with Gasteiger partial charge in [0.15, 0.2) is 18.1 Å². The summed E-state index contributed by atoms with van der Waals surface area (Å²) in [5, 5.41) is 4.97. The van der Waals surface area contributed by atoms with Gasteiger partial charge in [0.25, 0.3) is 5.56 Å². The molecule has 0 N–H and O–H groups in total. The van der Waals surface area contributed by atoms with Gasteiger partial charge >= 0.3 is 5.97 Å². The number of carbonyl (C=O) groups excluding carboxylic acids is 2. The van der Waals surface area contributed by atoms with Gasteiger partial charge in [-0.1, -0.05) is 30.3 Å². The van der Waals surface area contributed by atoms with Crippen LogP contribution >= 0.6 is 0 Å². The van der Waals surface area contributed by atoms with Gasteiger partial charge in [0.1, 0.15) is 0 Å². The minimum atomic E-state index is -0.713. The second kappa shape index (κ2) is 7.99. The monoisotopic (exact) mass is 390 g/mol. The molecule has 1 aliphatic carbocycles. The summed E-state index contributed by atoms with van der Waals surface area (Å²) in [6.07, 6.45) is 4.33. The molecule has 0 amide bonds. The van der Waals surface area contributed by atoms with E-state index in [0.29, 0.717) is 22.9 Å². The zero-order valence-corrected chi connectivity index (χ0v) is 16.3. The Morgan fingerprint density at radius 2 is 1.76 bits per heavy atom. The van der Waals surface area contributed by atoms with Crippen LogP contribution in [0.5, 0.6) is 0 Å². The highest BCUT2D eigenvalue weighted by Crippen LogP contribution is 2.22. The molecular weight excluding hydrogens is 368 g/mol. The molecule has 2 aromatic carbocycles. The molecule has 3 aromatic rings. The second-order valence-corrected chi connectivity index (χ2v) is 7.21. The SMILES string of the molecule is CCn1nc(C(=O)OCC(=O)c2ccc3c(c2)CCCC3)c2ccccc2c1=O. The van der Waals surface area contributed by atoms with E-state index in [9.17, 15) is 14.4 Å². The van der Waals surface area contributed by atoms with Crippen LogP contribution in [0.3, 0.4) is 0 Å². The van der Waals surface area contributed by atoms with Crippen molar-refractivity contribution in [2.75, 3.05) is 6.61 Å². The van der Waals surface area contributed by atoms with Crippen molar-refractivity contribution in [1.82, 2.24) is 9.78 Å². The van der Waals surface area contributed by atoms with Crippen molar-refractivity contribution in [3.63, 3.8) is 0 Å². The summed E-state index contributed by atoms with van der Waals surface area (Å²) in [5.41, 5.74) is 2.83. The first kappa shape index (κ1) is 19.1. The Bertz CT molecular complexity index is 1160. The summed E-state index contributed by atoms with van der Waals surface area (Å²) >= 11 is 0. The zero-order valence-electron chi connectivity index (χ0n) is 16.3. The highest BCUT2D eigenvalue weighted by molar-refractivity contribution is 6.04. The molecule has 0 spiro atoms. The second-order valence-electron chi connectivity index (χ2n) is 7.21. The molecule has 1 aromatic heterocycles. The fourth-order valence-electron chi connectivity index (χ4n) is 3.79. The van der Waals surface area contributed by atoms with Crippen LogP contribution in [0.15, 0.2) is 47.3 Å². The summed E-state index contributed by atoms with van der Waals surface area (Å²) in [5.74, 6) is -0.963. The number of benzene rings is 2. The lowest BCUT2D eigenvalue weighted by Gasteiger charge is -2.16. The van der Waals surface area contributed by atoms with E-state index in [2.05, 4.69) is 5.10 Å². The molecular formula is C23H22N2O4. The van der Waals surface area contributed by atoms with Gasteiger partial charge in [-0.15, -0.1) is 0 Å². The first-order valence-electron chi connectivity index (χ1n) is 9.90. The van der Waals surface area contributed by atoms with E-state index in [4.69, 9.17) is 4.74 Å². The number of ether oxygens (including phenoxy) is 1. The molecule has 0 fully saturated rings. The van der Waals surface area contributed by atoms with Crippen LogP contribution in [0.1, 0.15) is 51.7 Å². The largest absolute Gasteiger partial charge is 0.452 e. The highest BCUT2D eigenvalue weighted by atomic mass is 16.5. The first-order valence-corrected chi connectivity index (χ1v) is 9.90. The van der Waals surface area contributed by atoms with E-state index in [-0.39, 0.29) is 23.6 Å². The molecule has 0 saturated heterocycles. The van der Waals surface area contributed by atoms with Gasteiger partial charge in [-0.2, -0.15) is 5.10 Å². The Morgan fingerprint density at radius 1 is 1.03 bits per heavy atom. The number of aryl methyl sites for hydroxylation is 3. The quantitative estimate of drug-likeness (QED) is 0.493. The smallest absolute Gasteiger partial charge is 0.359 e. The Labute approximate surface area is 168 Å². The number of hydrogen-bond donors (Lipinski definition) is 0. The lowest BCUT2D eigenvalue weighted by Crippen LogP contribution is -2.26. The van der Waals surface area contributed by atoms with Crippen LogP contribution in [0.4, 0.5) is 0 Å². The number of aromatic nitrogens is 2. The number of carbonyl (C=O) groups is 2. The third-order valence-electron chi connectivity index (χ3n) is 5.37. The number of ketones is 1. The van der Waals surface area contributed by atoms with Crippen LogP contribution in [0, 0.1) is 0 Å². The Kier molecular flexibility index (Phi) is 5.25. The van der Waals surface area contributed by atoms with Crippen molar-refractivity contribution in [1.29, 1.82) is 0 Å². The maximum atomic E-state index is 12.7. The summed E-state index contributed by atoms with van der Waals surface area (Å²) in [4.78, 5) is 37.6. The van der Waals surface area contributed by atoms with Crippen molar-refractivity contribution < 1.29 is 14.3 Å². The molecule has 0 bridgehead atoms. The summed E-state index contributed by atoms with van der Waals surface area (Å²) in [6.45, 7) is 1.74. The van der Waals surface area contributed by atoms with Crippen molar-refractivity contribution in [2.24, 2.45) is 0 Å². The van der Waals surface area contributed by atoms with Gasteiger partial charge in [-0.3, -0.25) is 9.59 Å². The van der Waals surface area contributed by atoms with Gasteiger partial charge in [-0.05, 0) is 55.9 Å². The highest BCUT2D eigenvalue weighted by Gasteiger charge is 2.20. The number of rotatable bonds is 5. The van der Waals surface area contributed by atoms with Crippen LogP contribution in [0.2, 0.25) is 0 Å². The number of hydrogen-bond acceptors (Lipinski definition) is 5. The molecule has 0 atom stereocenters. The van der Waals surface area contributed by atoms with Crippen LogP contribution < -0.4 is 5.56 Å². The van der Waals surface area contributed by atoms with E-state index < -0.39 is 5.97 Å². The van der Waals surface area contributed by atoms with Crippen LogP contribution in [-0.2, 0) is 24.1 Å². The molecule has 29 heavy (non-hydrogen) atoms.